The van der Waals surface area contributed by atoms with Gasteiger partial charge in [0.05, 0.1) is 12.2 Å². The van der Waals surface area contributed by atoms with Gasteiger partial charge in [0.15, 0.2) is 17.5 Å². The van der Waals surface area contributed by atoms with E-state index in [0.717, 1.165) is 30.6 Å². The standard InChI is InChI=1S/C27H27N3O3/c1-2-3-16-32-17-18-33-22-14-15-23(24(31)19-22)27-29-25(20-10-6-4-7-11-20)28-26(30-27)21-12-8-5-9-13-21/h4-15,19,31H,2-3,16-18H2,1H3. The lowest BCUT2D eigenvalue weighted by atomic mass is 10.1. The van der Waals surface area contributed by atoms with Crippen LogP contribution in [0.5, 0.6) is 11.5 Å². The molecule has 0 saturated carbocycles. The number of ether oxygens (including phenoxy) is 2. The zero-order valence-corrected chi connectivity index (χ0v) is 18.6. The van der Waals surface area contributed by atoms with Gasteiger partial charge in [-0.05, 0) is 18.6 Å². The number of rotatable bonds is 10. The van der Waals surface area contributed by atoms with E-state index in [2.05, 4.69) is 21.9 Å². The van der Waals surface area contributed by atoms with Gasteiger partial charge >= 0.3 is 0 Å². The van der Waals surface area contributed by atoms with Gasteiger partial charge in [0, 0.05) is 23.8 Å². The van der Waals surface area contributed by atoms with Gasteiger partial charge in [-0.3, -0.25) is 0 Å². The Bertz CT molecular complexity index is 1110. The molecule has 4 rings (SSSR count). The molecule has 0 aliphatic rings. The van der Waals surface area contributed by atoms with Crippen LogP contribution in [0.15, 0.2) is 78.9 Å². The predicted molar refractivity (Wildman–Crippen MR) is 129 cm³/mol. The highest BCUT2D eigenvalue weighted by Crippen LogP contribution is 2.32. The summed E-state index contributed by atoms with van der Waals surface area (Å²) in [6.07, 6.45) is 2.14. The van der Waals surface area contributed by atoms with Gasteiger partial charge < -0.3 is 14.6 Å². The van der Waals surface area contributed by atoms with E-state index in [4.69, 9.17) is 9.47 Å². The summed E-state index contributed by atoms with van der Waals surface area (Å²) in [5, 5.41) is 10.7. The van der Waals surface area contributed by atoms with Crippen molar-refractivity contribution in [3.63, 3.8) is 0 Å². The molecule has 1 aromatic heterocycles. The molecule has 0 bridgehead atoms. The van der Waals surface area contributed by atoms with Gasteiger partial charge in [0.1, 0.15) is 18.1 Å². The van der Waals surface area contributed by atoms with Crippen LogP contribution in [0.4, 0.5) is 0 Å². The quantitative estimate of drug-likeness (QED) is 0.315. The van der Waals surface area contributed by atoms with Crippen molar-refractivity contribution in [3.05, 3.63) is 78.9 Å². The molecule has 3 aromatic carbocycles. The fourth-order valence-corrected chi connectivity index (χ4v) is 3.29. The number of phenols is 1. The summed E-state index contributed by atoms with van der Waals surface area (Å²) >= 11 is 0. The minimum absolute atomic E-state index is 0.0450. The average molecular weight is 442 g/mol. The molecular formula is C27H27N3O3. The third-order valence-corrected chi connectivity index (χ3v) is 5.05. The SMILES string of the molecule is CCCCOCCOc1ccc(-c2nc(-c3ccccc3)nc(-c3ccccc3)n2)c(O)c1. The third-order valence-electron chi connectivity index (χ3n) is 5.05. The highest BCUT2D eigenvalue weighted by atomic mass is 16.5. The Morgan fingerprint density at radius 1 is 0.697 bits per heavy atom. The van der Waals surface area contributed by atoms with Crippen molar-refractivity contribution in [3.8, 4) is 45.7 Å². The first-order valence-corrected chi connectivity index (χ1v) is 11.2. The van der Waals surface area contributed by atoms with Crippen LogP contribution in [0.1, 0.15) is 19.8 Å². The summed E-state index contributed by atoms with van der Waals surface area (Å²) in [6.45, 7) is 3.79. The fraction of sp³-hybridized carbons (Fsp3) is 0.222. The van der Waals surface area contributed by atoms with Crippen LogP contribution in [0.3, 0.4) is 0 Å². The number of phenolic OH excluding ortho intramolecular Hbond substituents is 1. The summed E-state index contributed by atoms with van der Waals surface area (Å²) in [5.41, 5.74) is 2.26. The summed E-state index contributed by atoms with van der Waals surface area (Å²) in [6, 6.07) is 24.6. The van der Waals surface area contributed by atoms with Gasteiger partial charge in [-0.2, -0.15) is 0 Å². The molecule has 0 aliphatic carbocycles. The van der Waals surface area contributed by atoms with E-state index < -0.39 is 0 Å². The first-order valence-electron chi connectivity index (χ1n) is 11.2. The second-order valence-electron chi connectivity index (χ2n) is 7.53. The number of aromatic nitrogens is 3. The van der Waals surface area contributed by atoms with E-state index in [1.165, 1.54) is 0 Å². The highest BCUT2D eigenvalue weighted by molar-refractivity contribution is 5.70. The van der Waals surface area contributed by atoms with Crippen molar-refractivity contribution in [2.24, 2.45) is 0 Å². The smallest absolute Gasteiger partial charge is 0.167 e. The molecule has 1 heterocycles. The molecule has 168 valence electrons. The van der Waals surface area contributed by atoms with Crippen molar-refractivity contribution < 1.29 is 14.6 Å². The Morgan fingerprint density at radius 3 is 1.88 bits per heavy atom. The van der Waals surface area contributed by atoms with Crippen molar-refractivity contribution in [2.75, 3.05) is 19.8 Å². The van der Waals surface area contributed by atoms with E-state index in [-0.39, 0.29) is 5.75 Å². The van der Waals surface area contributed by atoms with Crippen LogP contribution in [-0.4, -0.2) is 39.9 Å². The van der Waals surface area contributed by atoms with Crippen molar-refractivity contribution >= 4 is 0 Å². The van der Waals surface area contributed by atoms with E-state index in [0.29, 0.717) is 42.0 Å². The van der Waals surface area contributed by atoms with Crippen molar-refractivity contribution in [1.29, 1.82) is 0 Å². The highest BCUT2D eigenvalue weighted by Gasteiger charge is 2.15. The molecule has 0 fully saturated rings. The normalized spacial score (nSPS) is 10.8. The maximum absolute atomic E-state index is 10.7. The molecular weight excluding hydrogens is 414 g/mol. The van der Waals surface area contributed by atoms with Gasteiger partial charge in [-0.1, -0.05) is 74.0 Å². The Morgan fingerprint density at radius 2 is 1.30 bits per heavy atom. The van der Waals surface area contributed by atoms with Crippen LogP contribution in [0, 0.1) is 0 Å². The minimum Gasteiger partial charge on any atom is -0.507 e. The maximum atomic E-state index is 10.7. The summed E-state index contributed by atoms with van der Waals surface area (Å²) < 4.78 is 11.2. The Balaban J connectivity index is 1.61. The first kappa shape index (κ1) is 22.4. The molecule has 0 amide bonds. The van der Waals surface area contributed by atoms with Crippen molar-refractivity contribution in [2.45, 2.75) is 19.8 Å². The van der Waals surface area contributed by atoms with E-state index in [9.17, 15) is 5.11 Å². The van der Waals surface area contributed by atoms with Crippen molar-refractivity contribution in [1.82, 2.24) is 15.0 Å². The second-order valence-corrected chi connectivity index (χ2v) is 7.53. The molecule has 0 spiro atoms. The monoisotopic (exact) mass is 441 g/mol. The Labute approximate surface area is 193 Å². The number of hydrogen-bond donors (Lipinski definition) is 1. The molecule has 1 N–H and O–H groups in total. The van der Waals surface area contributed by atoms with Crippen LogP contribution in [-0.2, 0) is 4.74 Å². The van der Waals surface area contributed by atoms with E-state index in [1.807, 2.05) is 60.7 Å². The lowest BCUT2D eigenvalue weighted by Gasteiger charge is -2.11. The average Bonchev–Trinajstić information content (AvgIpc) is 2.87. The maximum Gasteiger partial charge on any atom is 0.167 e. The molecule has 0 unspecified atom stereocenters. The lowest BCUT2D eigenvalue weighted by Crippen LogP contribution is -2.07. The predicted octanol–water partition coefficient (Wildman–Crippen LogP) is 5.77. The summed E-state index contributed by atoms with van der Waals surface area (Å²) in [5.74, 6) is 2.10. The molecule has 0 atom stereocenters. The molecule has 0 aliphatic heterocycles. The Kier molecular flexibility index (Phi) is 7.61. The molecule has 33 heavy (non-hydrogen) atoms. The fourth-order valence-electron chi connectivity index (χ4n) is 3.29. The number of nitrogens with zero attached hydrogens (tertiary/aromatic N) is 3. The van der Waals surface area contributed by atoms with E-state index in [1.54, 1.807) is 18.2 Å². The van der Waals surface area contributed by atoms with Gasteiger partial charge in [0.25, 0.3) is 0 Å². The van der Waals surface area contributed by atoms with Crippen LogP contribution in [0.25, 0.3) is 34.2 Å². The first-order chi connectivity index (χ1) is 16.2. The summed E-state index contributed by atoms with van der Waals surface area (Å²) in [7, 11) is 0. The minimum atomic E-state index is 0.0450. The van der Waals surface area contributed by atoms with Crippen LogP contribution < -0.4 is 4.74 Å². The van der Waals surface area contributed by atoms with Crippen LogP contribution >= 0.6 is 0 Å². The number of hydrogen-bond acceptors (Lipinski definition) is 6. The molecule has 0 radical (unpaired) electrons. The van der Waals surface area contributed by atoms with Gasteiger partial charge in [0.2, 0.25) is 0 Å². The number of benzene rings is 3. The molecule has 6 heteroatoms. The lowest BCUT2D eigenvalue weighted by molar-refractivity contribution is 0.0980. The molecule has 0 saturated heterocycles. The van der Waals surface area contributed by atoms with E-state index >= 15 is 0 Å². The number of unbranched alkanes of at least 4 members (excludes halogenated alkanes) is 1. The summed E-state index contributed by atoms with van der Waals surface area (Å²) in [4.78, 5) is 14.0. The van der Waals surface area contributed by atoms with Crippen LogP contribution in [0.2, 0.25) is 0 Å². The second kappa shape index (κ2) is 11.2. The third kappa shape index (κ3) is 5.93. The largest absolute Gasteiger partial charge is 0.507 e. The topological polar surface area (TPSA) is 77.4 Å². The zero-order chi connectivity index (χ0) is 22.9. The molecule has 4 aromatic rings. The number of aromatic hydroxyl groups is 1. The zero-order valence-electron chi connectivity index (χ0n) is 18.6. The van der Waals surface area contributed by atoms with Gasteiger partial charge in [-0.15, -0.1) is 0 Å². The molecule has 6 nitrogen and oxygen atoms in total. The Hall–Kier alpha value is -3.77. The van der Waals surface area contributed by atoms with Gasteiger partial charge in [-0.25, -0.2) is 15.0 Å².